The number of benzene rings is 3. The molecule has 172 valence electrons. The number of anilines is 1. The van der Waals surface area contributed by atoms with Gasteiger partial charge in [-0.25, -0.2) is 12.8 Å². The van der Waals surface area contributed by atoms with Crippen molar-refractivity contribution in [2.24, 2.45) is 0 Å². The van der Waals surface area contributed by atoms with E-state index >= 15 is 0 Å². The van der Waals surface area contributed by atoms with Crippen molar-refractivity contribution in [3.63, 3.8) is 0 Å². The number of hydrogen-bond donors (Lipinski definition) is 2. The molecular weight excluding hydrogens is 467 g/mol. The Morgan fingerprint density at radius 1 is 1.00 bits per heavy atom. The molecule has 2 N–H and O–H groups in total. The number of aliphatic hydroxyl groups is 1. The molecular formula is C24H22ClFN2O4S. The highest BCUT2D eigenvalue weighted by Gasteiger charge is 2.38. The fourth-order valence-corrected chi connectivity index (χ4v) is 5.53. The summed E-state index contributed by atoms with van der Waals surface area (Å²) in [6, 6.07) is 18.7. The molecule has 9 heteroatoms. The number of rotatable bonds is 5. The van der Waals surface area contributed by atoms with Gasteiger partial charge in [0.2, 0.25) is 10.0 Å². The van der Waals surface area contributed by atoms with Gasteiger partial charge < -0.3 is 10.4 Å². The second-order valence-corrected chi connectivity index (χ2v) is 10.3. The zero-order chi connectivity index (χ0) is 23.6. The van der Waals surface area contributed by atoms with Crippen molar-refractivity contribution in [1.82, 2.24) is 4.31 Å². The van der Waals surface area contributed by atoms with E-state index in [2.05, 4.69) is 5.32 Å². The lowest BCUT2D eigenvalue weighted by Crippen LogP contribution is -2.45. The summed E-state index contributed by atoms with van der Waals surface area (Å²) in [6.07, 6.45) is 0.531. The molecule has 0 radical (unpaired) electrons. The van der Waals surface area contributed by atoms with Crippen LogP contribution in [0.1, 0.15) is 28.8 Å². The molecule has 1 amide bonds. The zero-order valence-electron chi connectivity index (χ0n) is 17.5. The summed E-state index contributed by atoms with van der Waals surface area (Å²) in [5.41, 5.74) is 0.109. The van der Waals surface area contributed by atoms with Crippen LogP contribution >= 0.6 is 11.6 Å². The summed E-state index contributed by atoms with van der Waals surface area (Å²) < 4.78 is 41.1. The molecule has 0 aromatic heterocycles. The Kier molecular flexibility index (Phi) is 6.54. The zero-order valence-corrected chi connectivity index (χ0v) is 19.1. The minimum absolute atomic E-state index is 0.0163. The number of carbonyl (C=O) groups excluding carboxylic acids is 1. The largest absolute Gasteiger partial charge is 0.385 e. The molecule has 0 atom stereocenters. The van der Waals surface area contributed by atoms with Crippen molar-refractivity contribution in [1.29, 1.82) is 0 Å². The van der Waals surface area contributed by atoms with Gasteiger partial charge >= 0.3 is 0 Å². The minimum atomic E-state index is -3.86. The van der Waals surface area contributed by atoms with Crippen LogP contribution in [0.3, 0.4) is 0 Å². The number of halogens is 2. The maximum atomic E-state index is 13.3. The molecule has 1 heterocycles. The normalized spacial score (nSPS) is 16.3. The van der Waals surface area contributed by atoms with E-state index in [0.717, 1.165) is 11.6 Å². The quantitative estimate of drug-likeness (QED) is 0.557. The average molecular weight is 489 g/mol. The van der Waals surface area contributed by atoms with Crippen LogP contribution in [-0.4, -0.2) is 36.8 Å². The van der Waals surface area contributed by atoms with Gasteiger partial charge in [-0.05, 0) is 54.8 Å². The SMILES string of the molecule is O=C(Nc1ccc(F)c(Cl)c1)c1cccc(S(=O)(=O)N2CCC(O)(c3ccccc3)CC2)c1. The van der Waals surface area contributed by atoms with Crippen molar-refractivity contribution < 1.29 is 22.7 Å². The Morgan fingerprint density at radius 2 is 1.70 bits per heavy atom. The van der Waals surface area contributed by atoms with Crippen molar-refractivity contribution >= 4 is 33.2 Å². The van der Waals surface area contributed by atoms with Crippen molar-refractivity contribution in [2.75, 3.05) is 18.4 Å². The fraction of sp³-hybridized carbons (Fsp3) is 0.208. The van der Waals surface area contributed by atoms with E-state index in [1.165, 1.54) is 40.7 Å². The highest BCUT2D eigenvalue weighted by atomic mass is 35.5. The first-order valence-corrected chi connectivity index (χ1v) is 12.2. The third-order valence-electron chi connectivity index (χ3n) is 5.77. The van der Waals surface area contributed by atoms with Crippen LogP contribution in [-0.2, 0) is 15.6 Å². The highest BCUT2D eigenvalue weighted by molar-refractivity contribution is 7.89. The molecule has 0 aliphatic carbocycles. The minimum Gasteiger partial charge on any atom is -0.385 e. The van der Waals surface area contributed by atoms with Crippen LogP contribution < -0.4 is 5.32 Å². The summed E-state index contributed by atoms with van der Waals surface area (Å²) in [4.78, 5) is 12.6. The fourth-order valence-electron chi connectivity index (χ4n) is 3.86. The van der Waals surface area contributed by atoms with Gasteiger partial charge in [0.1, 0.15) is 5.82 Å². The Balaban J connectivity index is 1.49. The monoisotopic (exact) mass is 488 g/mol. The summed E-state index contributed by atoms with van der Waals surface area (Å²) in [7, 11) is -3.86. The highest BCUT2D eigenvalue weighted by Crippen LogP contribution is 2.34. The summed E-state index contributed by atoms with van der Waals surface area (Å²) in [6.45, 7) is 0.302. The van der Waals surface area contributed by atoms with E-state index in [-0.39, 0.29) is 47.1 Å². The molecule has 4 rings (SSSR count). The van der Waals surface area contributed by atoms with Crippen LogP contribution in [0, 0.1) is 5.82 Å². The van der Waals surface area contributed by atoms with Gasteiger partial charge in [-0.2, -0.15) is 4.31 Å². The Morgan fingerprint density at radius 3 is 2.36 bits per heavy atom. The standard InChI is InChI=1S/C24H22ClFN2O4S/c25-21-16-19(9-10-22(21)26)27-23(29)17-5-4-8-20(15-17)33(31,32)28-13-11-24(30,12-14-28)18-6-2-1-3-7-18/h1-10,15-16,30H,11-14H2,(H,27,29). The van der Waals surface area contributed by atoms with Crippen molar-refractivity contribution in [2.45, 2.75) is 23.3 Å². The Hall–Kier alpha value is -2.78. The smallest absolute Gasteiger partial charge is 0.255 e. The molecule has 0 spiro atoms. The van der Waals surface area contributed by atoms with Gasteiger partial charge in [-0.15, -0.1) is 0 Å². The molecule has 0 saturated carbocycles. The molecule has 6 nitrogen and oxygen atoms in total. The van der Waals surface area contributed by atoms with Gasteiger partial charge in [-0.1, -0.05) is 48.0 Å². The molecule has 0 bridgehead atoms. The third-order valence-corrected chi connectivity index (χ3v) is 7.96. The number of nitrogens with one attached hydrogen (secondary N) is 1. The van der Waals surface area contributed by atoms with Gasteiger partial charge in [0, 0.05) is 24.3 Å². The lowest BCUT2D eigenvalue weighted by molar-refractivity contribution is -0.00961. The van der Waals surface area contributed by atoms with Crippen LogP contribution in [0.5, 0.6) is 0 Å². The van der Waals surface area contributed by atoms with E-state index in [0.29, 0.717) is 0 Å². The van der Waals surface area contributed by atoms with Crippen molar-refractivity contribution in [3.8, 4) is 0 Å². The maximum absolute atomic E-state index is 13.3. The first-order chi connectivity index (χ1) is 15.7. The molecule has 1 fully saturated rings. The summed E-state index contributed by atoms with van der Waals surface area (Å²) in [5, 5.41) is 13.4. The second-order valence-electron chi connectivity index (χ2n) is 7.91. The predicted octanol–water partition coefficient (Wildman–Crippen LogP) is 4.40. The van der Waals surface area contributed by atoms with Gasteiger partial charge in [0.05, 0.1) is 15.5 Å². The number of hydrogen-bond acceptors (Lipinski definition) is 4. The first kappa shape index (κ1) is 23.4. The lowest BCUT2D eigenvalue weighted by atomic mass is 9.85. The molecule has 1 saturated heterocycles. The van der Waals surface area contributed by atoms with Gasteiger partial charge in [-0.3, -0.25) is 4.79 Å². The number of piperidine rings is 1. The third kappa shape index (κ3) is 4.94. The van der Waals surface area contributed by atoms with E-state index in [9.17, 15) is 22.7 Å². The number of sulfonamides is 1. The van der Waals surface area contributed by atoms with Crippen LogP contribution in [0.15, 0.2) is 77.7 Å². The van der Waals surface area contributed by atoms with E-state index in [1.54, 1.807) is 0 Å². The van der Waals surface area contributed by atoms with Crippen LogP contribution in [0.2, 0.25) is 5.02 Å². The molecule has 3 aromatic rings. The topological polar surface area (TPSA) is 86.7 Å². The number of amides is 1. The molecule has 1 aliphatic rings. The van der Waals surface area contributed by atoms with E-state index in [4.69, 9.17) is 11.6 Å². The Labute approximate surface area is 196 Å². The maximum Gasteiger partial charge on any atom is 0.255 e. The second kappa shape index (κ2) is 9.23. The number of carbonyl (C=O) groups is 1. The van der Waals surface area contributed by atoms with E-state index < -0.39 is 27.3 Å². The first-order valence-electron chi connectivity index (χ1n) is 10.3. The summed E-state index contributed by atoms with van der Waals surface area (Å²) >= 11 is 5.74. The average Bonchev–Trinajstić information content (AvgIpc) is 2.82. The lowest BCUT2D eigenvalue weighted by Gasteiger charge is -2.37. The molecule has 1 aliphatic heterocycles. The molecule has 33 heavy (non-hydrogen) atoms. The van der Waals surface area contributed by atoms with Crippen LogP contribution in [0.4, 0.5) is 10.1 Å². The summed E-state index contributed by atoms with van der Waals surface area (Å²) in [5.74, 6) is -1.16. The van der Waals surface area contributed by atoms with E-state index in [1.807, 2.05) is 30.3 Å². The number of nitrogens with zero attached hydrogens (tertiary/aromatic N) is 1. The predicted molar refractivity (Wildman–Crippen MR) is 124 cm³/mol. The Bertz CT molecular complexity index is 1280. The van der Waals surface area contributed by atoms with Crippen LogP contribution in [0.25, 0.3) is 0 Å². The van der Waals surface area contributed by atoms with Crippen molar-refractivity contribution in [3.05, 3.63) is 94.8 Å². The molecule has 0 unspecified atom stereocenters. The molecule has 3 aromatic carbocycles. The van der Waals surface area contributed by atoms with Gasteiger partial charge in [0.25, 0.3) is 5.91 Å². The van der Waals surface area contributed by atoms with Gasteiger partial charge in [0.15, 0.2) is 0 Å².